The highest BCUT2D eigenvalue weighted by Gasteiger charge is 1.94. The highest BCUT2D eigenvalue weighted by molar-refractivity contribution is 7.72. The van der Waals surface area contributed by atoms with Crippen molar-refractivity contribution in [2.75, 3.05) is 0 Å². The molecule has 0 aromatic carbocycles. The van der Waals surface area contributed by atoms with Gasteiger partial charge >= 0.3 is 0 Å². The summed E-state index contributed by atoms with van der Waals surface area (Å²) < 4.78 is 5.29. The molecule has 0 N–H and O–H groups in total. The molecule has 1 rings (SSSR count). The molecule has 0 radical (unpaired) electrons. The minimum Gasteiger partial charge on any atom is -0.328 e. The summed E-state index contributed by atoms with van der Waals surface area (Å²) in [7, 11) is 3.81. The van der Waals surface area contributed by atoms with Crippen molar-refractivity contribution in [3.63, 3.8) is 0 Å². The molecule has 0 atom stereocenters. The molecule has 0 aliphatic heterocycles. The molecule has 0 unspecified atom stereocenters. The van der Waals surface area contributed by atoms with Crippen LogP contribution in [0.2, 0.25) is 0 Å². The lowest BCUT2D eigenvalue weighted by Crippen LogP contribution is -2.05. The third-order valence-electron chi connectivity index (χ3n) is 1.62. The Labute approximate surface area is 76.1 Å². The molecule has 0 saturated heterocycles. The van der Waals surface area contributed by atoms with Gasteiger partial charge in [0.1, 0.15) is 4.64 Å². The quantitative estimate of drug-likeness (QED) is 0.574. The Morgan fingerprint density at radius 3 is 2.36 bits per heavy atom. The van der Waals surface area contributed by atoms with E-state index in [0.29, 0.717) is 0 Å². The van der Waals surface area contributed by atoms with Crippen LogP contribution in [0.15, 0.2) is 6.20 Å². The van der Waals surface area contributed by atoms with E-state index in [1.807, 2.05) is 36.4 Å². The molecule has 2 nitrogen and oxygen atoms in total. The normalized spacial score (nSPS) is 10.1. The summed E-state index contributed by atoms with van der Waals surface area (Å²) in [5.74, 6) is 0. The number of aromatic nitrogens is 2. The van der Waals surface area contributed by atoms with Gasteiger partial charge in [0.2, 0.25) is 0 Å². The van der Waals surface area contributed by atoms with Gasteiger partial charge in [0.15, 0.2) is 4.77 Å². The van der Waals surface area contributed by atoms with E-state index < -0.39 is 0 Å². The lowest BCUT2D eigenvalue weighted by Gasteiger charge is -2.06. The van der Waals surface area contributed by atoms with Crippen molar-refractivity contribution in [1.82, 2.24) is 9.13 Å². The molecule has 0 bridgehead atoms. The summed E-state index contributed by atoms with van der Waals surface area (Å²) in [5.41, 5.74) is 1.08. The monoisotopic (exact) mass is 186 g/mol. The number of hydrogen-bond acceptors (Lipinski definition) is 2. The fourth-order valence-corrected chi connectivity index (χ4v) is 1.33. The third-order valence-corrected chi connectivity index (χ3v) is 2.78. The van der Waals surface area contributed by atoms with Crippen LogP contribution >= 0.6 is 24.4 Å². The van der Waals surface area contributed by atoms with Gasteiger partial charge in [-0.25, -0.2) is 0 Å². The Bertz CT molecular complexity index is 352. The summed E-state index contributed by atoms with van der Waals surface area (Å²) >= 11 is 10.2. The summed E-state index contributed by atoms with van der Waals surface area (Å²) in [4.78, 5) is 0. The van der Waals surface area contributed by atoms with Crippen LogP contribution in [0.3, 0.4) is 0 Å². The first kappa shape index (κ1) is 8.62. The first-order valence-electron chi connectivity index (χ1n) is 3.27. The average Bonchev–Trinajstić information content (AvgIpc) is 1.97. The lowest BCUT2D eigenvalue weighted by molar-refractivity contribution is 0.722. The summed E-state index contributed by atoms with van der Waals surface area (Å²) in [6.45, 7) is 1.98. The van der Waals surface area contributed by atoms with Gasteiger partial charge in [-0.3, -0.25) is 0 Å². The SMILES string of the molecule is Cc1cn(C)c(=S)n(C)c1=S. The Morgan fingerprint density at radius 1 is 1.27 bits per heavy atom. The van der Waals surface area contributed by atoms with Gasteiger partial charge < -0.3 is 9.13 Å². The van der Waals surface area contributed by atoms with E-state index in [9.17, 15) is 0 Å². The average molecular weight is 186 g/mol. The zero-order chi connectivity index (χ0) is 8.59. The summed E-state index contributed by atoms with van der Waals surface area (Å²) in [6, 6.07) is 0. The molecule has 4 heteroatoms. The van der Waals surface area contributed by atoms with Crippen LogP contribution in [0.4, 0.5) is 0 Å². The molecule has 0 saturated carbocycles. The van der Waals surface area contributed by atoms with Crippen molar-refractivity contribution in [2.24, 2.45) is 14.1 Å². The first-order valence-corrected chi connectivity index (χ1v) is 4.09. The van der Waals surface area contributed by atoms with Crippen LogP contribution in [0.1, 0.15) is 5.56 Å². The van der Waals surface area contributed by atoms with Crippen LogP contribution in [-0.2, 0) is 14.1 Å². The van der Waals surface area contributed by atoms with Crippen molar-refractivity contribution in [3.8, 4) is 0 Å². The van der Waals surface area contributed by atoms with Crippen molar-refractivity contribution in [2.45, 2.75) is 6.92 Å². The maximum absolute atomic E-state index is 5.12. The van der Waals surface area contributed by atoms with Crippen LogP contribution in [-0.4, -0.2) is 9.13 Å². The fraction of sp³-hybridized carbons (Fsp3) is 0.429. The van der Waals surface area contributed by atoms with Crippen LogP contribution < -0.4 is 0 Å². The van der Waals surface area contributed by atoms with Gasteiger partial charge in [-0.2, -0.15) is 0 Å². The standard InChI is InChI=1S/C7H10N2S2/c1-5-4-8(2)7(11)9(3)6(5)10/h4H,1-3H3. The van der Waals surface area contributed by atoms with Crippen molar-refractivity contribution in [1.29, 1.82) is 0 Å². The van der Waals surface area contributed by atoms with E-state index in [2.05, 4.69) is 0 Å². The highest BCUT2D eigenvalue weighted by atomic mass is 32.1. The molecule has 1 aromatic rings. The highest BCUT2D eigenvalue weighted by Crippen LogP contribution is 2.00. The van der Waals surface area contributed by atoms with Crippen molar-refractivity contribution < 1.29 is 0 Å². The molecule has 0 aliphatic rings. The van der Waals surface area contributed by atoms with Crippen molar-refractivity contribution in [3.05, 3.63) is 21.2 Å². The first-order chi connectivity index (χ1) is 5.04. The maximum Gasteiger partial charge on any atom is 0.180 e. The Morgan fingerprint density at radius 2 is 1.82 bits per heavy atom. The molecule has 11 heavy (non-hydrogen) atoms. The molecule has 0 fully saturated rings. The topological polar surface area (TPSA) is 9.86 Å². The van der Waals surface area contributed by atoms with Gasteiger partial charge in [-0.15, -0.1) is 0 Å². The van der Waals surface area contributed by atoms with E-state index in [0.717, 1.165) is 15.0 Å². The van der Waals surface area contributed by atoms with Crippen LogP contribution in [0.5, 0.6) is 0 Å². The van der Waals surface area contributed by atoms with E-state index in [1.54, 1.807) is 0 Å². The molecule has 0 aliphatic carbocycles. The van der Waals surface area contributed by atoms with Crippen LogP contribution in [0, 0.1) is 16.3 Å². The Hall–Kier alpha value is -0.480. The molecule has 1 heterocycles. The predicted molar refractivity (Wildman–Crippen MR) is 50.8 cm³/mol. The zero-order valence-corrected chi connectivity index (χ0v) is 8.42. The Balaban J connectivity index is 3.74. The number of aryl methyl sites for hydroxylation is 2. The van der Waals surface area contributed by atoms with Gasteiger partial charge in [0, 0.05) is 25.9 Å². The second kappa shape index (κ2) is 2.87. The van der Waals surface area contributed by atoms with Gasteiger partial charge in [-0.05, 0) is 19.1 Å². The molecule has 60 valence electrons. The fourth-order valence-electron chi connectivity index (χ4n) is 0.989. The number of hydrogen-bond donors (Lipinski definition) is 0. The van der Waals surface area contributed by atoms with Gasteiger partial charge in [0.25, 0.3) is 0 Å². The Kier molecular flexibility index (Phi) is 2.25. The van der Waals surface area contributed by atoms with E-state index in [-0.39, 0.29) is 0 Å². The summed E-state index contributed by atoms with van der Waals surface area (Å²) in [6.07, 6.45) is 1.95. The second-order valence-corrected chi connectivity index (χ2v) is 3.32. The smallest absolute Gasteiger partial charge is 0.180 e. The molecule has 1 aromatic heterocycles. The van der Waals surface area contributed by atoms with Gasteiger partial charge in [-0.1, -0.05) is 12.2 Å². The molecular formula is C7H10N2S2. The number of nitrogens with zero attached hydrogens (tertiary/aromatic N) is 2. The maximum atomic E-state index is 5.12. The largest absolute Gasteiger partial charge is 0.328 e. The second-order valence-electron chi connectivity index (χ2n) is 2.57. The number of rotatable bonds is 0. The zero-order valence-electron chi connectivity index (χ0n) is 6.79. The minimum absolute atomic E-state index is 0.751. The van der Waals surface area contributed by atoms with Gasteiger partial charge in [0.05, 0.1) is 0 Å². The van der Waals surface area contributed by atoms with Crippen molar-refractivity contribution >= 4 is 24.4 Å². The molecular weight excluding hydrogens is 176 g/mol. The van der Waals surface area contributed by atoms with E-state index >= 15 is 0 Å². The lowest BCUT2D eigenvalue weighted by atomic mass is 10.4. The predicted octanol–water partition coefficient (Wildman–Crippen LogP) is 2.13. The minimum atomic E-state index is 0.751. The summed E-state index contributed by atoms with van der Waals surface area (Å²) in [5, 5.41) is 0. The molecule has 0 spiro atoms. The molecule has 0 amide bonds. The third kappa shape index (κ3) is 1.41. The van der Waals surface area contributed by atoms with E-state index in [4.69, 9.17) is 24.4 Å². The van der Waals surface area contributed by atoms with Crippen LogP contribution in [0.25, 0.3) is 0 Å². The van der Waals surface area contributed by atoms with E-state index in [1.165, 1.54) is 0 Å².